The lowest BCUT2D eigenvalue weighted by Gasteiger charge is -2.28. The van der Waals surface area contributed by atoms with E-state index < -0.39 is 6.04 Å². The van der Waals surface area contributed by atoms with E-state index in [-0.39, 0.29) is 5.91 Å². The van der Waals surface area contributed by atoms with Gasteiger partial charge in [0.05, 0.1) is 5.57 Å². The van der Waals surface area contributed by atoms with E-state index in [2.05, 4.69) is 59.1 Å². The van der Waals surface area contributed by atoms with Gasteiger partial charge in [-0.25, -0.2) is 0 Å². The maximum atomic E-state index is 13.4. The van der Waals surface area contributed by atoms with Gasteiger partial charge in [-0.2, -0.15) is 4.68 Å². The van der Waals surface area contributed by atoms with Crippen molar-refractivity contribution in [1.82, 2.24) is 20.2 Å². The Morgan fingerprint density at radius 2 is 1.69 bits per heavy atom. The van der Waals surface area contributed by atoms with Crippen molar-refractivity contribution in [2.75, 3.05) is 10.6 Å². The normalized spacial score (nSPS) is 14.7. The predicted molar refractivity (Wildman–Crippen MR) is 139 cm³/mol. The van der Waals surface area contributed by atoms with E-state index in [1.54, 1.807) is 4.68 Å². The van der Waals surface area contributed by atoms with Crippen molar-refractivity contribution in [2.45, 2.75) is 40.3 Å². The zero-order chi connectivity index (χ0) is 25.2. The minimum Gasteiger partial charge on any atom is -0.489 e. The Hall–Kier alpha value is -4.46. The fourth-order valence-corrected chi connectivity index (χ4v) is 4.42. The summed E-state index contributed by atoms with van der Waals surface area (Å²) in [6, 6.07) is 21.0. The Morgan fingerprint density at radius 3 is 2.44 bits per heavy atom. The number of fused-ring (bicyclic) bond motifs is 1. The number of nitrogens with zero attached hydrogens (tertiary/aromatic N) is 4. The topological polar surface area (TPSA) is 94.0 Å². The second kappa shape index (κ2) is 9.65. The molecule has 1 aromatic heterocycles. The predicted octanol–water partition coefficient (Wildman–Crippen LogP) is 5.10. The molecule has 2 N–H and O–H groups in total. The molecular weight excluding hydrogens is 452 g/mol. The van der Waals surface area contributed by atoms with Crippen molar-refractivity contribution in [3.05, 3.63) is 106 Å². The molecule has 0 saturated heterocycles. The number of allylic oxidation sites excluding steroid dienone is 1. The molecule has 0 aliphatic carbocycles. The molecule has 36 heavy (non-hydrogen) atoms. The van der Waals surface area contributed by atoms with E-state index in [4.69, 9.17) is 4.74 Å². The minimum absolute atomic E-state index is 0.220. The van der Waals surface area contributed by atoms with Gasteiger partial charge in [0, 0.05) is 11.4 Å². The number of tetrazole rings is 1. The highest BCUT2D eigenvalue weighted by Crippen LogP contribution is 2.35. The fourth-order valence-electron chi connectivity index (χ4n) is 4.42. The summed E-state index contributed by atoms with van der Waals surface area (Å²) in [6.45, 7) is 8.67. The number of hydrogen-bond acceptors (Lipinski definition) is 6. The summed E-state index contributed by atoms with van der Waals surface area (Å²) in [7, 11) is 0. The van der Waals surface area contributed by atoms with Crippen LogP contribution in [0.4, 0.5) is 11.6 Å². The van der Waals surface area contributed by atoms with E-state index >= 15 is 0 Å². The SMILES string of the molecule is CC1=C(C(=O)Nc2ccccc2)C(c2ccc(OCc3cc(C)c(C)cc3C)cc2)n2nnnc2N1. The van der Waals surface area contributed by atoms with Crippen LogP contribution in [0.1, 0.15) is 40.8 Å². The Balaban J connectivity index is 1.40. The number of aryl methyl sites for hydroxylation is 3. The number of para-hydroxylation sites is 1. The zero-order valence-corrected chi connectivity index (χ0v) is 20.7. The highest BCUT2D eigenvalue weighted by molar-refractivity contribution is 6.06. The standard InChI is InChI=1S/C28H28N6O2/c1-17-14-19(3)22(15-18(17)2)16-36-24-12-10-21(11-13-24)26-25(20(4)29-28-31-32-33-34(26)28)27(35)30-23-8-6-5-7-9-23/h5-15,26H,16H2,1-4H3,(H,30,35)(H,29,31,33). The molecule has 1 unspecified atom stereocenters. The van der Waals surface area contributed by atoms with Gasteiger partial charge in [-0.1, -0.05) is 47.6 Å². The van der Waals surface area contributed by atoms with Crippen LogP contribution in [0.15, 0.2) is 78.0 Å². The molecule has 0 spiro atoms. The van der Waals surface area contributed by atoms with E-state index in [1.165, 1.54) is 16.7 Å². The number of amides is 1. The Kier molecular flexibility index (Phi) is 6.25. The lowest BCUT2D eigenvalue weighted by molar-refractivity contribution is -0.113. The largest absolute Gasteiger partial charge is 0.489 e. The van der Waals surface area contributed by atoms with Crippen LogP contribution in [-0.4, -0.2) is 26.1 Å². The summed E-state index contributed by atoms with van der Waals surface area (Å²) in [4.78, 5) is 13.4. The molecule has 3 aromatic carbocycles. The van der Waals surface area contributed by atoms with Gasteiger partial charge in [0.25, 0.3) is 5.91 Å². The maximum Gasteiger partial charge on any atom is 0.255 e. The molecule has 2 heterocycles. The molecule has 0 radical (unpaired) electrons. The summed E-state index contributed by atoms with van der Waals surface area (Å²) in [5, 5.41) is 18.2. The van der Waals surface area contributed by atoms with Crippen LogP contribution in [0, 0.1) is 20.8 Å². The van der Waals surface area contributed by atoms with Gasteiger partial charge in [0.1, 0.15) is 18.4 Å². The van der Waals surface area contributed by atoms with Gasteiger partial charge in [-0.05, 0) is 90.2 Å². The first kappa shape index (κ1) is 23.3. The minimum atomic E-state index is -0.490. The molecule has 5 rings (SSSR count). The molecule has 0 bridgehead atoms. The second-order valence-corrected chi connectivity index (χ2v) is 9.05. The van der Waals surface area contributed by atoms with E-state index in [0.717, 1.165) is 22.6 Å². The number of ether oxygens (including phenoxy) is 1. The number of aromatic nitrogens is 4. The number of hydrogen-bond donors (Lipinski definition) is 2. The molecular formula is C28H28N6O2. The van der Waals surface area contributed by atoms with Crippen molar-refractivity contribution in [3.63, 3.8) is 0 Å². The quantitative estimate of drug-likeness (QED) is 0.399. The lowest BCUT2D eigenvalue weighted by Crippen LogP contribution is -2.31. The van der Waals surface area contributed by atoms with E-state index in [0.29, 0.717) is 23.8 Å². The van der Waals surface area contributed by atoms with Crippen LogP contribution in [0.3, 0.4) is 0 Å². The molecule has 1 aliphatic heterocycles. The number of nitrogens with one attached hydrogen (secondary N) is 2. The monoisotopic (exact) mass is 480 g/mol. The average molecular weight is 481 g/mol. The third-order valence-electron chi connectivity index (χ3n) is 6.53. The first-order valence-corrected chi connectivity index (χ1v) is 11.8. The summed E-state index contributed by atoms with van der Waals surface area (Å²) in [5.41, 5.74) is 7.73. The van der Waals surface area contributed by atoms with Crippen molar-refractivity contribution < 1.29 is 9.53 Å². The van der Waals surface area contributed by atoms with Gasteiger partial charge in [0.2, 0.25) is 5.95 Å². The number of anilines is 2. The number of benzene rings is 3. The van der Waals surface area contributed by atoms with Gasteiger partial charge in [-0.15, -0.1) is 0 Å². The number of rotatable bonds is 6. The van der Waals surface area contributed by atoms with Gasteiger partial charge < -0.3 is 15.4 Å². The van der Waals surface area contributed by atoms with Crippen LogP contribution < -0.4 is 15.4 Å². The van der Waals surface area contributed by atoms with Crippen LogP contribution in [-0.2, 0) is 11.4 Å². The first-order chi connectivity index (χ1) is 17.4. The van der Waals surface area contributed by atoms with E-state index in [9.17, 15) is 4.79 Å². The lowest BCUT2D eigenvalue weighted by atomic mass is 9.95. The number of carbonyl (C=O) groups is 1. The van der Waals surface area contributed by atoms with Crippen LogP contribution in [0.25, 0.3) is 0 Å². The smallest absolute Gasteiger partial charge is 0.255 e. The molecule has 1 amide bonds. The molecule has 4 aromatic rings. The third kappa shape index (κ3) is 4.57. The van der Waals surface area contributed by atoms with Crippen molar-refractivity contribution >= 4 is 17.5 Å². The number of carbonyl (C=O) groups excluding carboxylic acids is 1. The van der Waals surface area contributed by atoms with Crippen LogP contribution >= 0.6 is 0 Å². The summed E-state index contributed by atoms with van der Waals surface area (Å²) >= 11 is 0. The molecule has 0 fully saturated rings. The van der Waals surface area contributed by atoms with Crippen molar-refractivity contribution in [3.8, 4) is 5.75 Å². The van der Waals surface area contributed by atoms with Gasteiger partial charge in [0.15, 0.2) is 0 Å². The molecule has 182 valence electrons. The van der Waals surface area contributed by atoms with Gasteiger partial charge in [-0.3, -0.25) is 4.79 Å². The summed E-state index contributed by atoms with van der Waals surface area (Å²) < 4.78 is 7.71. The molecule has 1 atom stereocenters. The van der Waals surface area contributed by atoms with Crippen LogP contribution in [0.2, 0.25) is 0 Å². The average Bonchev–Trinajstić information content (AvgIpc) is 3.33. The van der Waals surface area contributed by atoms with Crippen molar-refractivity contribution in [1.29, 1.82) is 0 Å². The first-order valence-electron chi connectivity index (χ1n) is 11.8. The highest BCUT2D eigenvalue weighted by atomic mass is 16.5. The Labute approximate surface area is 210 Å². The van der Waals surface area contributed by atoms with Gasteiger partial charge >= 0.3 is 0 Å². The molecule has 8 nitrogen and oxygen atoms in total. The maximum absolute atomic E-state index is 13.4. The fraction of sp³-hybridized carbons (Fsp3) is 0.214. The summed E-state index contributed by atoms with van der Waals surface area (Å²) in [6.07, 6.45) is 0. The third-order valence-corrected chi connectivity index (χ3v) is 6.53. The Bertz CT molecular complexity index is 1440. The van der Waals surface area contributed by atoms with Crippen molar-refractivity contribution in [2.24, 2.45) is 0 Å². The second-order valence-electron chi connectivity index (χ2n) is 9.05. The van der Waals surface area contributed by atoms with Crippen LogP contribution in [0.5, 0.6) is 5.75 Å². The zero-order valence-electron chi connectivity index (χ0n) is 20.7. The molecule has 8 heteroatoms. The molecule has 0 saturated carbocycles. The molecule has 1 aliphatic rings. The highest BCUT2D eigenvalue weighted by Gasteiger charge is 2.34. The van der Waals surface area contributed by atoms with E-state index in [1.807, 2.05) is 61.5 Å². The Morgan fingerprint density at radius 1 is 0.972 bits per heavy atom. The summed E-state index contributed by atoms with van der Waals surface area (Å²) in [5.74, 6) is 1.01.